The second-order valence-corrected chi connectivity index (χ2v) is 4.67. The zero-order valence-electron chi connectivity index (χ0n) is 9.57. The van der Waals surface area contributed by atoms with Crippen LogP contribution in [-0.2, 0) is 11.8 Å². The van der Waals surface area contributed by atoms with Crippen molar-refractivity contribution in [3.63, 3.8) is 0 Å². The molecule has 1 fully saturated rings. The van der Waals surface area contributed by atoms with E-state index in [4.69, 9.17) is 5.73 Å². The van der Waals surface area contributed by atoms with Crippen LogP contribution in [0.15, 0.2) is 12.3 Å². The lowest BCUT2D eigenvalue weighted by Gasteiger charge is -2.22. The van der Waals surface area contributed by atoms with Gasteiger partial charge in [-0.05, 0) is 12.8 Å². The zero-order valence-corrected chi connectivity index (χ0v) is 9.57. The average molecular weight is 222 g/mol. The van der Waals surface area contributed by atoms with Gasteiger partial charge in [0.1, 0.15) is 0 Å². The maximum atomic E-state index is 11.7. The summed E-state index contributed by atoms with van der Waals surface area (Å²) in [6.45, 7) is 0. The molecule has 3 N–H and O–H groups in total. The highest BCUT2D eigenvalue weighted by atomic mass is 16.1. The van der Waals surface area contributed by atoms with E-state index < -0.39 is 0 Å². The van der Waals surface area contributed by atoms with Crippen LogP contribution in [-0.4, -0.2) is 21.2 Å². The molecular weight excluding hydrogens is 204 g/mol. The summed E-state index contributed by atoms with van der Waals surface area (Å²) < 4.78 is 1.66. The average Bonchev–Trinajstić information content (AvgIpc) is 2.75. The van der Waals surface area contributed by atoms with Gasteiger partial charge < -0.3 is 11.1 Å². The molecule has 0 unspecified atom stereocenters. The fraction of sp³-hybridized carbons (Fsp3) is 0.636. The molecule has 0 aromatic carbocycles. The third kappa shape index (κ3) is 2.61. The van der Waals surface area contributed by atoms with Crippen molar-refractivity contribution in [1.82, 2.24) is 9.78 Å². The highest BCUT2D eigenvalue weighted by Crippen LogP contribution is 2.30. The molecule has 0 saturated heterocycles. The molecule has 1 aromatic heterocycles. The topological polar surface area (TPSA) is 72.9 Å². The number of amides is 1. The predicted octanol–water partition coefficient (Wildman–Crippen LogP) is 1.02. The van der Waals surface area contributed by atoms with Crippen LogP contribution < -0.4 is 11.1 Å². The molecule has 1 amide bonds. The molecule has 0 spiro atoms. The third-order valence-electron chi connectivity index (χ3n) is 3.09. The van der Waals surface area contributed by atoms with Crippen molar-refractivity contribution in [1.29, 1.82) is 0 Å². The van der Waals surface area contributed by atoms with Gasteiger partial charge in [-0.15, -0.1) is 0 Å². The maximum Gasteiger partial charge on any atom is 0.227 e. The van der Waals surface area contributed by atoms with Gasteiger partial charge in [0.2, 0.25) is 5.91 Å². The molecule has 5 heteroatoms. The van der Waals surface area contributed by atoms with Gasteiger partial charge in [0.15, 0.2) is 5.82 Å². The van der Waals surface area contributed by atoms with Gasteiger partial charge in [-0.2, -0.15) is 5.10 Å². The number of hydrogen-bond acceptors (Lipinski definition) is 3. The smallest absolute Gasteiger partial charge is 0.227 e. The number of nitrogens with zero attached hydrogens (tertiary/aromatic N) is 2. The van der Waals surface area contributed by atoms with Crippen LogP contribution in [0, 0.1) is 0 Å². The van der Waals surface area contributed by atoms with Crippen LogP contribution in [0.1, 0.15) is 32.1 Å². The van der Waals surface area contributed by atoms with Gasteiger partial charge >= 0.3 is 0 Å². The minimum Gasteiger partial charge on any atom is -0.325 e. The Morgan fingerprint density at radius 3 is 2.88 bits per heavy atom. The van der Waals surface area contributed by atoms with E-state index >= 15 is 0 Å². The minimum absolute atomic E-state index is 0.0388. The number of aryl methyl sites for hydroxylation is 1. The second-order valence-electron chi connectivity index (χ2n) is 4.67. The molecule has 1 aliphatic carbocycles. The van der Waals surface area contributed by atoms with Gasteiger partial charge in [-0.1, -0.05) is 12.8 Å². The predicted molar refractivity (Wildman–Crippen MR) is 61.8 cm³/mol. The Hall–Kier alpha value is -1.36. The normalized spacial score (nSPS) is 18.6. The van der Waals surface area contributed by atoms with Crippen molar-refractivity contribution in [2.75, 3.05) is 5.32 Å². The van der Waals surface area contributed by atoms with Crippen LogP contribution in [0.25, 0.3) is 0 Å². The van der Waals surface area contributed by atoms with Gasteiger partial charge in [0, 0.05) is 31.3 Å². The van der Waals surface area contributed by atoms with Gasteiger partial charge in [-0.3, -0.25) is 9.48 Å². The molecule has 5 nitrogen and oxygen atoms in total. The number of aromatic nitrogens is 2. The number of nitrogens with two attached hydrogens (primary N) is 1. The summed E-state index contributed by atoms with van der Waals surface area (Å²) in [6, 6.07) is 1.77. The largest absolute Gasteiger partial charge is 0.325 e. The number of carbonyl (C=O) groups is 1. The van der Waals surface area contributed by atoms with E-state index in [1.165, 1.54) is 0 Å². The SMILES string of the molecule is Cn1ccc(NC(=O)CC2(N)CCCC2)n1. The molecule has 1 aliphatic rings. The molecule has 88 valence electrons. The third-order valence-corrected chi connectivity index (χ3v) is 3.09. The Kier molecular flexibility index (Phi) is 2.96. The van der Waals surface area contributed by atoms with E-state index in [0.29, 0.717) is 12.2 Å². The van der Waals surface area contributed by atoms with Crippen molar-refractivity contribution in [3.8, 4) is 0 Å². The monoisotopic (exact) mass is 222 g/mol. The summed E-state index contributed by atoms with van der Waals surface area (Å²) in [4.78, 5) is 11.7. The molecule has 0 aliphatic heterocycles. The van der Waals surface area contributed by atoms with E-state index in [9.17, 15) is 4.79 Å². The summed E-state index contributed by atoms with van der Waals surface area (Å²) >= 11 is 0. The molecular formula is C11H18N4O. The Morgan fingerprint density at radius 1 is 1.62 bits per heavy atom. The Morgan fingerprint density at radius 2 is 2.31 bits per heavy atom. The van der Waals surface area contributed by atoms with Crippen LogP contribution in [0.5, 0.6) is 0 Å². The summed E-state index contributed by atoms with van der Waals surface area (Å²) in [6.07, 6.45) is 6.35. The highest BCUT2D eigenvalue weighted by molar-refractivity contribution is 5.90. The lowest BCUT2D eigenvalue weighted by Crippen LogP contribution is -2.40. The van der Waals surface area contributed by atoms with Gasteiger partial charge in [0.25, 0.3) is 0 Å². The first-order valence-corrected chi connectivity index (χ1v) is 5.66. The van der Waals surface area contributed by atoms with Crippen molar-refractivity contribution in [2.45, 2.75) is 37.6 Å². The fourth-order valence-electron chi connectivity index (χ4n) is 2.24. The van der Waals surface area contributed by atoms with E-state index in [-0.39, 0.29) is 11.4 Å². The standard InChI is InChI=1S/C11H18N4O/c1-15-7-4-9(14-15)13-10(16)8-11(12)5-2-3-6-11/h4,7H,2-3,5-6,8,12H2,1H3,(H,13,14,16). The van der Waals surface area contributed by atoms with Crippen molar-refractivity contribution < 1.29 is 4.79 Å². The second kappa shape index (κ2) is 4.25. The lowest BCUT2D eigenvalue weighted by atomic mass is 9.94. The summed E-state index contributed by atoms with van der Waals surface area (Å²) in [5.74, 6) is 0.553. The number of rotatable bonds is 3. The number of carbonyl (C=O) groups excluding carboxylic acids is 1. The van der Waals surface area contributed by atoms with Crippen LogP contribution in [0.4, 0.5) is 5.82 Å². The highest BCUT2D eigenvalue weighted by Gasteiger charge is 2.31. The molecule has 1 aromatic rings. The molecule has 1 saturated carbocycles. The summed E-state index contributed by atoms with van der Waals surface area (Å²) in [5.41, 5.74) is 5.84. The molecule has 0 bridgehead atoms. The van der Waals surface area contributed by atoms with Crippen molar-refractivity contribution >= 4 is 11.7 Å². The molecule has 16 heavy (non-hydrogen) atoms. The number of nitrogens with one attached hydrogen (secondary N) is 1. The first-order valence-electron chi connectivity index (χ1n) is 5.66. The quantitative estimate of drug-likeness (QED) is 0.802. The molecule has 0 radical (unpaired) electrons. The van der Waals surface area contributed by atoms with E-state index in [2.05, 4.69) is 10.4 Å². The zero-order chi connectivity index (χ0) is 11.6. The first kappa shape index (κ1) is 11.1. The Labute approximate surface area is 95.0 Å². The van der Waals surface area contributed by atoms with E-state index in [0.717, 1.165) is 25.7 Å². The van der Waals surface area contributed by atoms with Gasteiger partial charge in [0.05, 0.1) is 0 Å². The summed E-state index contributed by atoms with van der Waals surface area (Å²) in [5, 5.41) is 6.86. The molecule has 1 heterocycles. The van der Waals surface area contributed by atoms with Crippen molar-refractivity contribution in [3.05, 3.63) is 12.3 Å². The van der Waals surface area contributed by atoms with E-state index in [1.54, 1.807) is 16.9 Å². The van der Waals surface area contributed by atoms with Crippen LogP contribution >= 0.6 is 0 Å². The first-order chi connectivity index (χ1) is 7.57. The Bertz CT molecular complexity index is 379. The Balaban J connectivity index is 1.89. The van der Waals surface area contributed by atoms with Crippen molar-refractivity contribution in [2.24, 2.45) is 12.8 Å². The number of anilines is 1. The van der Waals surface area contributed by atoms with Crippen LogP contribution in [0.3, 0.4) is 0 Å². The molecule has 0 atom stereocenters. The number of hydrogen-bond donors (Lipinski definition) is 2. The minimum atomic E-state index is -0.293. The maximum absolute atomic E-state index is 11.7. The van der Waals surface area contributed by atoms with Crippen LogP contribution in [0.2, 0.25) is 0 Å². The van der Waals surface area contributed by atoms with E-state index in [1.807, 2.05) is 7.05 Å². The molecule has 2 rings (SSSR count). The summed E-state index contributed by atoms with van der Waals surface area (Å²) in [7, 11) is 1.82. The van der Waals surface area contributed by atoms with Gasteiger partial charge in [-0.25, -0.2) is 0 Å². The lowest BCUT2D eigenvalue weighted by molar-refractivity contribution is -0.117. The fourth-order valence-corrected chi connectivity index (χ4v) is 2.24.